The smallest absolute Gasteiger partial charge is 0.343 e. The lowest BCUT2D eigenvalue weighted by atomic mass is 10.1. The van der Waals surface area contributed by atoms with Crippen molar-refractivity contribution in [2.45, 2.75) is 64.9 Å². The predicted octanol–water partition coefficient (Wildman–Crippen LogP) is 1.23. The van der Waals surface area contributed by atoms with E-state index < -0.39 is 6.03 Å². The fourth-order valence-corrected chi connectivity index (χ4v) is 1.21. The van der Waals surface area contributed by atoms with Gasteiger partial charge in [-0.15, -0.1) is 0 Å². The molecule has 1 atom stereocenters. The molecule has 2 amide bonds. The first-order valence-electron chi connectivity index (χ1n) is 6.22. The number of hydrogen-bond donors (Lipinski definition) is 4. The van der Waals surface area contributed by atoms with Crippen LogP contribution in [0.1, 0.15) is 58.8 Å². The Kier molecular flexibility index (Phi) is 14.4. The molecular weight excluding hydrogens is 220 g/mol. The molecule has 0 saturated carbocycles. The number of carbonyl (C=O) groups excluding carboxylic acids is 1. The van der Waals surface area contributed by atoms with E-state index in [0.29, 0.717) is 5.12 Å². The van der Waals surface area contributed by atoms with Crippen LogP contribution in [0.25, 0.3) is 0 Å². The molecule has 0 radical (unpaired) electrons. The fraction of sp³-hybridized carbons (Fsp3) is 0.909. The Morgan fingerprint density at radius 2 is 1.53 bits per heavy atom. The summed E-state index contributed by atoms with van der Waals surface area (Å²) in [7, 11) is 0. The molecular formula is C11H28N4O2. The monoisotopic (exact) mass is 248 g/mol. The quantitative estimate of drug-likeness (QED) is 0.234. The molecule has 6 heteroatoms. The summed E-state index contributed by atoms with van der Waals surface area (Å²) >= 11 is 0. The van der Waals surface area contributed by atoms with Crippen molar-refractivity contribution in [3.8, 4) is 0 Å². The van der Waals surface area contributed by atoms with E-state index in [9.17, 15) is 9.90 Å². The van der Waals surface area contributed by atoms with Crippen LogP contribution in [0.3, 0.4) is 0 Å². The standard InChI is InChI=1S/C10H22O.CH6N4O/c1-3-5-7-9-10(11)8-6-4-2;2-1(6)5(3)4/h10-11H,3-9H2,1-2H3;3-4H2,(H2,2,6). The third kappa shape index (κ3) is 17.7. The van der Waals surface area contributed by atoms with Crippen LogP contribution < -0.4 is 17.4 Å². The molecule has 0 bridgehead atoms. The molecule has 6 nitrogen and oxygen atoms in total. The number of unbranched alkanes of at least 4 members (excludes halogenated alkanes) is 3. The van der Waals surface area contributed by atoms with E-state index in [1.165, 1.54) is 32.1 Å². The molecule has 0 spiro atoms. The zero-order valence-corrected chi connectivity index (χ0v) is 11.1. The Balaban J connectivity index is 0. The second-order valence-corrected chi connectivity index (χ2v) is 4.04. The van der Waals surface area contributed by atoms with Gasteiger partial charge in [-0.25, -0.2) is 16.5 Å². The number of hydrogen-bond acceptors (Lipinski definition) is 4. The normalized spacial score (nSPS) is 11.4. The van der Waals surface area contributed by atoms with Crippen LogP contribution in [-0.2, 0) is 0 Å². The van der Waals surface area contributed by atoms with Crippen molar-refractivity contribution in [1.29, 1.82) is 0 Å². The highest BCUT2D eigenvalue weighted by Gasteiger charge is 2.01. The van der Waals surface area contributed by atoms with Gasteiger partial charge in [-0.05, 0) is 12.8 Å². The van der Waals surface area contributed by atoms with Gasteiger partial charge in [-0.2, -0.15) is 5.12 Å². The molecule has 0 aliphatic carbocycles. The van der Waals surface area contributed by atoms with Crippen LogP contribution >= 0.6 is 0 Å². The topological polar surface area (TPSA) is 119 Å². The molecule has 0 saturated heterocycles. The number of nitrogens with two attached hydrogens (primary N) is 3. The number of carbonyl (C=O) groups is 1. The summed E-state index contributed by atoms with van der Waals surface area (Å²) in [6, 6.07) is -0.852. The summed E-state index contributed by atoms with van der Waals surface area (Å²) < 4.78 is 0. The number of aliphatic hydroxyl groups excluding tert-OH is 1. The predicted molar refractivity (Wildman–Crippen MR) is 69.5 cm³/mol. The van der Waals surface area contributed by atoms with Gasteiger partial charge in [0.05, 0.1) is 6.10 Å². The first-order valence-corrected chi connectivity index (χ1v) is 6.22. The van der Waals surface area contributed by atoms with Crippen molar-refractivity contribution in [1.82, 2.24) is 5.12 Å². The Hall–Kier alpha value is -0.850. The fourth-order valence-electron chi connectivity index (χ4n) is 1.21. The van der Waals surface area contributed by atoms with Crippen molar-refractivity contribution in [2.75, 3.05) is 0 Å². The molecule has 104 valence electrons. The molecule has 0 rings (SSSR count). The van der Waals surface area contributed by atoms with Crippen LogP contribution in [0, 0.1) is 0 Å². The SMILES string of the molecule is CCCCCC(O)CCCC.NC(=O)N(N)N. The summed E-state index contributed by atoms with van der Waals surface area (Å²) in [4.78, 5) is 9.60. The molecule has 1 unspecified atom stereocenters. The van der Waals surface area contributed by atoms with Crippen molar-refractivity contribution in [2.24, 2.45) is 17.4 Å². The number of aliphatic hydroxyl groups is 1. The molecule has 0 aromatic heterocycles. The lowest BCUT2D eigenvalue weighted by molar-refractivity contribution is 0.148. The molecule has 0 heterocycles. The molecule has 7 N–H and O–H groups in total. The van der Waals surface area contributed by atoms with E-state index in [-0.39, 0.29) is 6.10 Å². The average Bonchev–Trinajstić information content (AvgIpc) is 2.27. The number of primary amides is 1. The number of rotatable bonds is 7. The van der Waals surface area contributed by atoms with Gasteiger partial charge in [0, 0.05) is 0 Å². The van der Waals surface area contributed by atoms with Crippen LogP contribution in [0.4, 0.5) is 4.79 Å². The van der Waals surface area contributed by atoms with Crippen molar-refractivity contribution < 1.29 is 9.90 Å². The summed E-state index contributed by atoms with van der Waals surface area (Å²) in [5.74, 6) is 9.14. The summed E-state index contributed by atoms with van der Waals surface area (Å²) in [5, 5.41) is 9.71. The van der Waals surface area contributed by atoms with Gasteiger partial charge in [0.15, 0.2) is 0 Å². The second kappa shape index (κ2) is 13.2. The van der Waals surface area contributed by atoms with E-state index in [4.69, 9.17) is 0 Å². The third-order valence-electron chi connectivity index (χ3n) is 2.29. The minimum Gasteiger partial charge on any atom is -0.393 e. The Labute approximate surface area is 104 Å². The van der Waals surface area contributed by atoms with Gasteiger partial charge >= 0.3 is 6.03 Å². The van der Waals surface area contributed by atoms with Crippen LogP contribution in [0.5, 0.6) is 0 Å². The van der Waals surface area contributed by atoms with E-state index >= 15 is 0 Å². The van der Waals surface area contributed by atoms with Crippen molar-refractivity contribution >= 4 is 6.03 Å². The number of hydrazine groups is 2. The largest absolute Gasteiger partial charge is 0.393 e. The van der Waals surface area contributed by atoms with Gasteiger partial charge < -0.3 is 10.8 Å². The van der Waals surface area contributed by atoms with E-state index in [2.05, 4.69) is 31.3 Å². The molecule has 0 aromatic carbocycles. The summed E-state index contributed by atoms with van der Waals surface area (Å²) in [5.41, 5.74) is 4.47. The lowest BCUT2D eigenvalue weighted by Gasteiger charge is -2.08. The lowest BCUT2D eigenvalue weighted by Crippen LogP contribution is -2.46. The van der Waals surface area contributed by atoms with Crippen molar-refractivity contribution in [3.05, 3.63) is 0 Å². The van der Waals surface area contributed by atoms with Gasteiger partial charge in [0.2, 0.25) is 0 Å². The van der Waals surface area contributed by atoms with Gasteiger partial charge in [-0.3, -0.25) is 0 Å². The van der Waals surface area contributed by atoms with Gasteiger partial charge in [-0.1, -0.05) is 46.0 Å². The minimum absolute atomic E-state index is 0.0264. The van der Waals surface area contributed by atoms with E-state index in [1.54, 1.807) is 0 Å². The zero-order chi connectivity index (χ0) is 13.7. The molecule has 0 fully saturated rings. The maximum Gasteiger partial charge on any atom is 0.343 e. The summed E-state index contributed by atoms with van der Waals surface area (Å²) in [6.07, 6.45) is 8.07. The van der Waals surface area contributed by atoms with E-state index in [1.807, 2.05) is 0 Å². The Morgan fingerprint density at radius 3 is 1.88 bits per heavy atom. The molecule has 0 aliphatic rings. The van der Waals surface area contributed by atoms with Gasteiger partial charge in [0.1, 0.15) is 0 Å². The first-order chi connectivity index (χ1) is 7.95. The zero-order valence-electron chi connectivity index (χ0n) is 11.1. The number of amides is 2. The highest BCUT2D eigenvalue weighted by atomic mass is 16.3. The maximum absolute atomic E-state index is 9.60. The molecule has 0 aliphatic heterocycles. The minimum atomic E-state index is -0.852. The number of nitrogens with zero attached hydrogens (tertiary/aromatic N) is 1. The molecule has 17 heavy (non-hydrogen) atoms. The van der Waals surface area contributed by atoms with Crippen LogP contribution in [0.15, 0.2) is 0 Å². The second-order valence-electron chi connectivity index (χ2n) is 4.04. The van der Waals surface area contributed by atoms with Gasteiger partial charge in [0.25, 0.3) is 0 Å². The number of urea groups is 1. The van der Waals surface area contributed by atoms with Crippen LogP contribution in [-0.4, -0.2) is 22.4 Å². The highest BCUT2D eigenvalue weighted by molar-refractivity contribution is 5.70. The van der Waals surface area contributed by atoms with E-state index in [0.717, 1.165) is 12.8 Å². The average molecular weight is 248 g/mol. The highest BCUT2D eigenvalue weighted by Crippen LogP contribution is 2.08. The Morgan fingerprint density at radius 1 is 1.12 bits per heavy atom. The maximum atomic E-state index is 9.60. The van der Waals surface area contributed by atoms with Crippen molar-refractivity contribution in [3.63, 3.8) is 0 Å². The summed E-state index contributed by atoms with van der Waals surface area (Å²) in [6.45, 7) is 4.36. The van der Waals surface area contributed by atoms with Crippen LogP contribution in [0.2, 0.25) is 0 Å². The first kappa shape index (κ1) is 18.5. The Bertz CT molecular complexity index is 177. The third-order valence-corrected chi connectivity index (χ3v) is 2.29. The molecule has 0 aromatic rings.